The van der Waals surface area contributed by atoms with E-state index in [0.29, 0.717) is 11.7 Å². The lowest BCUT2D eigenvalue weighted by molar-refractivity contribution is 0.135. The Kier molecular flexibility index (Phi) is 3.80. The molecule has 2 aromatic rings. The number of ether oxygens (including phenoxy) is 1. The predicted octanol–water partition coefficient (Wildman–Crippen LogP) is 2.68. The van der Waals surface area contributed by atoms with Crippen LogP contribution in [0.3, 0.4) is 0 Å². The minimum Gasteiger partial charge on any atom is -0.474 e. The maximum atomic E-state index is 6.36. The molecule has 2 heterocycles. The smallest absolute Gasteiger partial charge is 0.221 e. The van der Waals surface area contributed by atoms with Crippen LogP contribution < -0.4 is 4.74 Å². The summed E-state index contributed by atoms with van der Waals surface area (Å²) in [5, 5.41) is 4.10. The van der Waals surface area contributed by atoms with Crippen molar-refractivity contribution in [3.05, 3.63) is 24.5 Å². The normalized spacial score (nSPS) is 25.8. The van der Waals surface area contributed by atoms with Crippen molar-refractivity contribution >= 4 is 11.6 Å². The second-order valence-corrected chi connectivity index (χ2v) is 6.61. The summed E-state index contributed by atoms with van der Waals surface area (Å²) in [6, 6.07) is 0. The highest BCUT2D eigenvalue weighted by Crippen LogP contribution is 2.35. The van der Waals surface area contributed by atoms with Gasteiger partial charge >= 0.3 is 0 Å². The molecule has 1 fully saturated rings. The van der Waals surface area contributed by atoms with E-state index < -0.39 is 0 Å². The number of aromatic nitrogens is 5. The average molecular weight is 308 g/mol. The maximum Gasteiger partial charge on any atom is 0.221 e. The van der Waals surface area contributed by atoms with Crippen LogP contribution in [0.25, 0.3) is 5.82 Å². The lowest BCUT2D eigenvalue weighted by Crippen LogP contribution is -2.31. The van der Waals surface area contributed by atoms with Crippen LogP contribution in [0.1, 0.15) is 38.2 Å². The molecule has 0 atom stereocenters. The Hall–Kier alpha value is -1.69. The van der Waals surface area contributed by atoms with E-state index in [1.807, 2.05) is 6.92 Å². The summed E-state index contributed by atoms with van der Waals surface area (Å²) in [6.07, 6.45) is 8.55. The molecule has 0 unspecified atom stereocenters. The number of alkyl halides is 1. The minimum atomic E-state index is -0.0908. The molecule has 1 saturated carbocycles. The van der Waals surface area contributed by atoms with Crippen molar-refractivity contribution in [1.82, 2.24) is 24.7 Å². The van der Waals surface area contributed by atoms with E-state index in [9.17, 15) is 0 Å². The van der Waals surface area contributed by atoms with Crippen molar-refractivity contribution in [3.63, 3.8) is 0 Å². The van der Waals surface area contributed by atoms with E-state index >= 15 is 0 Å². The highest BCUT2D eigenvalue weighted by molar-refractivity contribution is 6.23. The lowest BCUT2D eigenvalue weighted by atomic mass is 9.88. The fourth-order valence-electron chi connectivity index (χ4n) is 2.56. The van der Waals surface area contributed by atoms with Crippen molar-refractivity contribution in [2.75, 3.05) is 0 Å². The summed E-state index contributed by atoms with van der Waals surface area (Å²) in [5.41, 5.74) is 0.863. The number of nitrogens with zero attached hydrogens (tertiary/aromatic N) is 5. The van der Waals surface area contributed by atoms with E-state index in [1.54, 1.807) is 11.0 Å². The summed E-state index contributed by atoms with van der Waals surface area (Å²) in [6.45, 7) is 4.02. The second-order valence-electron chi connectivity index (χ2n) is 5.70. The Bertz CT molecular complexity index is 604. The van der Waals surface area contributed by atoms with Gasteiger partial charge in [-0.25, -0.2) is 19.6 Å². The van der Waals surface area contributed by atoms with Crippen LogP contribution in [0.4, 0.5) is 0 Å². The maximum absolute atomic E-state index is 6.36. The predicted molar refractivity (Wildman–Crippen MR) is 78.8 cm³/mol. The van der Waals surface area contributed by atoms with Crippen molar-refractivity contribution in [2.45, 2.75) is 50.5 Å². The van der Waals surface area contributed by atoms with Crippen LogP contribution in [0.15, 0.2) is 19.0 Å². The van der Waals surface area contributed by atoms with Crippen LogP contribution >= 0.6 is 11.6 Å². The zero-order chi connectivity index (χ0) is 14.9. The number of halogens is 1. The molecule has 0 N–H and O–H groups in total. The summed E-state index contributed by atoms with van der Waals surface area (Å²) in [7, 11) is 0. The van der Waals surface area contributed by atoms with Crippen LogP contribution in [0.5, 0.6) is 5.88 Å². The molecular formula is C14H18ClN5O. The zero-order valence-corrected chi connectivity index (χ0v) is 12.9. The molecule has 0 aliphatic heterocycles. The van der Waals surface area contributed by atoms with Gasteiger partial charge in [0.25, 0.3) is 0 Å². The van der Waals surface area contributed by atoms with Crippen molar-refractivity contribution < 1.29 is 4.74 Å². The molecule has 0 amide bonds. The molecule has 0 spiro atoms. The fourth-order valence-corrected chi connectivity index (χ4v) is 2.78. The average Bonchev–Trinajstić information content (AvgIpc) is 2.97. The van der Waals surface area contributed by atoms with E-state index in [-0.39, 0.29) is 11.0 Å². The Morgan fingerprint density at radius 2 is 2.05 bits per heavy atom. The Morgan fingerprint density at radius 3 is 2.71 bits per heavy atom. The van der Waals surface area contributed by atoms with E-state index in [4.69, 9.17) is 16.3 Å². The van der Waals surface area contributed by atoms with Crippen molar-refractivity contribution in [1.29, 1.82) is 0 Å². The van der Waals surface area contributed by atoms with Gasteiger partial charge in [0.1, 0.15) is 25.1 Å². The summed E-state index contributed by atoms with van der Waals surface area (Å²) in [5.74, 6) is 1.30. The quantitative estimate of drug-likeness (QED) is 0.816. The van der Waals surface area contributed by atoms with Gasteiger partial charge in [-0.05, 0) is 39.5 Å². The van der Waals surface area contributed by atoms with Gasteiger partial charge in [0.15, 0.2) is 5.82 Å². The first kappa shape index (κ1) is 14.3. The third-order valence-corrected chi connectivity index (χ3v) is 4.28. The van der Waals surface area contributed by atoms with E-state index in [2.05, 4.69) is 27.0 Å². The molecule has 0 aromatic carbocycles. The zero-order valence-electron chi connectivity index (χ0n) is 12.2. The minimum absolute atomic E-state index is 0.0908. The van der Waals surface area contributed by atoms with Crippen LogP contribution in [-0.2, 0) is 0 Å². The first-order valence-corrected chi connectivity index (χ1v) is 7.45. The monoisotopic (exact) mass is 307 g/mol. The second kappa shape index (κ2) is 5.60. The molecule has 3 rings (SSSR count). The first-order chi connectivity index (χ1) is 10.1. The molecule has 0 saturated heterocycles. The molecule has 1 aliphatic rings. The van der Waals surface area contributed by atoms with Crippen molar-refractivity contribution in [3.8, 4) is 11.7 Å². The number of hydrogen-bond donors (Lipinski definition) is 0. The fraction of sp³-hybridized carbons (Fsp3) is 0.571. The number of rotatable bonds is 3. The lowest BCUT2D eigenvalue weighted by Gasteiger charge is -2.32. The van der Waals surface area contributed by atoms with Crippen LogP contribution in [0, 0.1) is 6.92 Å². The van der Waals surface area contributed by atoms with E-state index in [1.165, 1.54) is 12.7 Å². The summed E-state index contributed by atoms with van der Waals surface area (Å²) < 4.78 is 7.66. The highest BCUT2D eigenvalue weighted by atomic mass is 35.5. The first-order valence-electron chi connectivity index (χ1n) is 7.07. The topological polar surface area (TPSA) is 65.7 Å². The van der Waals surface area contributed by atoms with Gasteiger partial charge in [0.2, 0.25) is 5.88 Å². The molecule has 6 nitrogen and oxygen atoms in total. The van der Waals surface area contributed by atoms with Crippen LogP contribution in [-0.4, -0.2) is 35.7 Å². The molecule has 112 valence electrons. The SMILES string of the molecule is Cc1c(OC2CCC(C)(Cl)CC2)ncnc1-n1cncn1. The third-order valence-electron chi connectivity index (χ3n) is 3.90. The molecule has 0 bridgehead atoms. The standard InChI is InChI=1S/C14H18ClN5O/c1-10-12(20-9-16-7-19-20)17-8-18-13(10)21-11-3-5-14(2,15)6-4-11/h7-9,11H,3-6H2,1-2H3. The molecule has 21 heavy (non-hydrogen) atoms. The van der Waals surface area contributed by atoms with Gasteiger partial charge in [-0.15, -0.1) is 11.6 Å². The van der Waals surface area contributed by atoms with Crippen LogP contribution in [0.2, 0.25) is 0 Å². The third kappa shape index (κ3) is 3.15. The van der Waals surface area contributed by atoms with Gasteiger partial charge in [0, 0.05) is 4.87 Å². The highest BCUT2D eigenvalue weighted by Gasteiger charge is 2.30. The van der Waals surface area contributed by atoms with Crippen molar-refractivity contribution in [2.24, 2.45) is 0 Å². The van der Waals surface area contributed by atoms with Gasteiger partial charge in [-0.2, -0.15) is 5.10 Å². The van der Waals surface area contributed by atoms with Gasteiger partial charge in [-0.1, -0.05) is 0 Å². The van der Waals surface area contributed by atoms with Gasteiger partial charge < -0.3 is 4.74 Å². The number of hydrogen-bond acceptors (Lipinski definition) is 5. The molecule has 2 aromatic heterocycles. The molecule has 7 heteroatoms. The largest absolute Gasteiger partial charge is 0.474 e. The summed E-state index contributed by atoms with van der Waals surface area (Å²) >= 11 is 6.36. The van der Waals surface area contributed by atoms with E-state index in [0.717, 1.165) is 31.2 Å². The van der Waals surface area contributed by atoms with Gasteiger partial charge in [-0.3, -0.25) is 0 Å². The molecular weight excluding hydrogens is 290 g/mol. The Balaban J connectivity index is 1.76. The van der Waals surface area contributed by atoms with Gasteiger partial charge in [0.05, 0.1) is 5.56 Å². The molecule has 1 aliphatic carbocycles. The summed E-state index contributed by atoms with van der Waals surface area (Å²) in [4.78, 5) is 12.3. The Morgan fingerprint density at radius 1 is 1.29 bits per heavy atom. The Labute approximate surface area is 128 Å². The molecule has 0 radical (unpaired) electrons.